The van der Waals surface area contributed by atoms with Gasteiger partial charge in [-0.05, 0) is 47.5 Å². The maximum Gasteiger partial charge on any atom is 0.272 e. The van der Waals surface area contributed by atoms with E-state index in [1.807, 2.05) is 29.0 Å². The molecule has 0 bridgehead atoms. The summed E-state index contributed by atoms with van der Waals surface area (Å²) in [5.41, 5.74) is 1.17. The topological polar surface area (TPSA) is 73.2 Å². The number of anilines is 1. The summed E-state index contributed by atoms with van der Waals surface area (Å²) >= 11 is 10.4. The summed E-state index contributed by atoms with van der Waals surface area (Å²) in [6, 6.07) is 10.9. The first-order valence-electron chi connectivity index (χ1n) is 9.32. The van der Waals surface area contributed by atoms with Crippen molar-refractivity contribution in [2.45, 2.75) is 18.1 Å². The summed E-state index contributed by atoms with van der Waals surface area (Å²) in [5.74, 6) is 0.442. The molecule has 0 spiro atoms. The van der Waals surface area contributed by atoms with Crippen LogP contribution in [-0.2, 0) is 17.8 Å². The lowest BCUT2D eigenvalue weighted by Gasteiger charge is -2.12. The van der Waals surface area contributed by atoms with Crippen molar-refractivity contribution in [2.24, 2.45) is 0 Å². The van der Waals surface area contributed by atoms with E-state index in [-0.39, 0.29) is 17.2 Å². The maximum absolute atomic E-state index is 13.0. The van der Waals surface area contributed by atoms with E-state index in [0.29, 0.717) is 38.4 Å². The number of aryl methyl sites for hydroxylation is 1. The first-order chi connectivity index (χ1) is 15.0. The second-order valence-electron chi connectivity index (χ2n) is 6.50. The number of nitrogens with one attached hydrogen (secondary N) is 1. The van der Waals surface area contributed by atoms with Gasteiger partial charge in [-0.1, -0.05) is 29.4 Å². The molecule has 160 valence electrons. The maximum atomic E-state index is 13.0. The molecule has 10 heteroatoms. The fraction of sp³-hybridized carbons (Fsp3) is 0.190. The molecule has 0 radical (unpaired) electrons. The second-order valence-corrected chi connectivity index (χ2v) is 9.80. The Labute approximate surface area is 195 Å². The minimum Gasteiger partial charge on any atom is -0.495 e. The molecule has 4 rings (SSSR count). The van der Waals surface area contributed by atoms with Crippen molar-refractivity contribution in [3.05, 3.63) is 67.4 Å². The zero-order valence-corrected chi connectivity index (χ0v) is 19.7. The molecule has 1 amide bonds. The Hall–Kier alpha value is -2.33. The molecule has 0 atom stereocenters. The molecule has 0 aliphatic carbocycles. The summed E-state index contributed by atoms with van der Waals surface area (Å²) in [5, 5.41) is 7.64. The number of amides is 1. The van der Waals surface area contributed by atoms with Crippen LogP contribution in [0, 0.1) is 0 Å². The van der Waals surface area contributed by atoms with Gasteiger partial charge in [-0.2, -0.15) is 0 Å². The lowest BCUT2D eigenvalue weighted by molar-refractivity contribution is -0.113. The van der Waals surface area contributed by atoms with Crippen LogP contribution >= 0.6 is 46.0 Å². The third-order valence-electron chi connectivity index (χ3n) is 4.46. The van der Waals surface area contributed by atoms with Crippen LogP contribution in [0.3, 0.4) is 0 Å². The van der Waals surface area contributed by atoms with Gasteiger partial charge in [0.25, 0.3) is 5.56 Å². The van der Waals surface area contributed by atoms with Crippen LogP contribution in [0.5, 0.6) is 5.75 Å². The van der Waals surface area contributed by atoms with E-state index < -0.39 is 0 Å². The van der Waals surface area contributed by atoms with Crippen LogP contribution in [0.15, 0.2) is 57.1 Å². The molecule has 0 saturated heterocycles. The molecule has 0 saturated carbocycles. The van der Waals surface area contributed by atoms with Crippen LogP contribution in [0.25, 0.3) is 10.2 Å². The quantitative estimate of drug-likeness (QED) is 0.272. The number of methoxy groups -OCH3 is 1. The number of hydrogen-bond donors (Lipinski definition) is 1. The van der Waals surface area contributed by atoms with Gasteiger partial charge in [0.1, 0.15) is 10.4 Å². The molecule has 6 nitrogen and oxygen atoms in total. The fourth-order valence-electron chi connectivity index (χ4n) is 2.98. The van der Waals surface area contributed by atoms with Gasteiger partial charge in [-0.25, -0.2) is 4.98 Å². The number of ether oxygens (including phenoxy) is 1. The molecule has 0 aliphatic heterocycles. The van der Waals surface area contributed by atoms with Crippen molar-refractivity contribution in [3.8, 4) is 5.75 Å². The van der Waals surface area contributed by atoms with Crippen molar-refractivity contribution in [3.63, 3.8) is 0 Å². The van der Waals surface area contributed by atoms with Crippen LogP contribution in [0.2, 0.25) is 5.02 Å². The van der Waals surface area contributed by atoms with Crippen LogP contribution in [0.4, 0.5) is 5.69 Å². The van der Waals surface area contributed by atoms with Crippen molar-refractivity contribution < 1.29 is 9.53 Å². The highest BCUT2D eigenvalue weighted by molar-refractivity contribution is 7.99. The molecule has 0 fully saturated rings. The lowest BCUT2D eigenvalue weighted by atomic mass is 10.3. The van der Waals surface area contributed by atoms with Gasteiger partial charge >= 0.3 is 0 Å². The Balaban J connectivity index is 1.50. The van der Waals surface area contributed by atoms with E-state index in [1.165, 1.54) is 35.1 Å². The third-order valence-corrected chi connectivity index (χ3v) is 7.56. The average Bonchev–Trinajstić information content (AvgIpc) is 3.44. The average molecular weight is 492 g/mol. The van der Waals surface area contributed by atoms with E-state index in [1.54, 1.807) is 34.1 Å². The zero-order valence-electron chi connectivity index (χ0n) is 16.5. The van der Waals surface area contributed by atoms with Gasteiger partial charge < -0.3 is 10.1 Å². The first-order valence-corrected chi connectivity index (χ1v) is 12.4. The van der Waals surface area contributed by atoms with Crippen molar-refractivity contribution in [1.29, 1.82) is 0 Å². The smallest absolute Gasteiger partial charge is 0.272 e. The van der Waals surface area contributed by atoms with Gasteiger partial charge in [-0.3, -0.25) is 14.2 Å². The molecule has 31 heavy (non-hydrogen) atoms. The molecule has 1 N–H and O–H groups in total. The van der Waals surface area contributed by atoms with Crippen molar-refractivity contribution in [1.82, 2.24) is 9.55 Å². The number of halogens is 1. The Morgan fingerprint density at radius 3 is 2.87 bits per heavy atom. The van der Waals surface area contributed by atoms with Crippen LogP contribution in [-0.4, -0.2) is 28.3 Å². The first kappa shape index (κ1) is 21.9. The van der Waals surface area contributed by atoms with Gasteiger partial charge in [0.05, 0.1) is 23.4 Å². The number of thiophene rings is 2. The molecule has 4 aromatic rings. The number of rotatable bonds is 8. The summed E-state index contributed by atoms with van der Waals surface area (Å²) in [6.07, 6.45) is 0.736. The predicted octanol–water partition coefficient (Wildman–Crippen LogP) is 5.16. The number of carbonyl (C=O) groups excluding carboxylic acids is 1. The highest BCUT2D eigenvalue weighted by Crippen LogP contribution is 2.27. The van der Waals surface area contributed by atoms with Gasteiger partial charge in [0, 0.05) is 17.1 Å². The van der Waals surface area contributed by atoms with E-state index in [2.05, 4.69) is 10.3 Å². The van der Waals surface area contributed by atoms with E-state index in [4.69, 9.17) is 16.3 Å². The van der Waals surface area contributed by atoms with Gasteiger partial charge in [0.15, 0.2) is 5.16 Å². The van der Waals surface area contributed by atoms with Gasteiger partial charge in [0.2, 0.25) is 5.91 Å². The Bertz CT molecular complexity index is 1270. The molecular weight excluding hydrogens is 474 g/mol. The molecule has 3 aromatic heterocycles. The minimum absolute atomic E-state index is 0.0681. The summed E-state index contributed by atoms with van der Waals surface area (Å²) < 4.78 is 7.42. The number of nitrogens with zero attached hydrogens (tertiary/aromatic N) is 2. The lowest BCUT2D eigenvalue weighted by Crippen LogP contribution is -2.24. The standard InChI is InChI=1S/C21H18ClN3O3S3/c1-28-17-5-4-13(11-15(17)22)23-18(26)12-31-21-24-16-7-10-30-19(16)20(27)25(21)8-6-14-3-2-9-29-14/h2-5,7,9-11H,6,8,12H2,1H3,(H,23,26). The number of hydrogen-bond acceptors (Lipinski definition) is 7. The summed E-state index contributed by atoms with van der Waals surface area (Å²) in [4.78, 5) is 31.3. The van der Waals surface area contributed by atoms with Gasteiger partial charge in [-0.15, -0.1) is 22.7 Å². The Morgan fingerprint density at radius 1 is 1.26 bits per heavy atom. The fourth-order valence-corrected chi connectivity index (χ4v) is 5.54. The normalized spacial score (nSPS) is 11.0. The van der Waals surface area contributed by atoms with E-state index in [0.717, 1.165) is 6.42 Å². The molecule has 0 unspecified atom stereocenters. The molecular formula is C21H18ClN3O3S3. The zero-order chi connectivity index (χ0) is 21.8. The van der Waals surface area contributed by atoms with Crippen molar-refractivity contribution in [2.75, 3.05) is 18.2 Å². The largest absolute Gasteiger partial charge is 0.495 e. The van der Waals surface area contributed by atoms with Crippen molar-refractivity contribution >= 4 is 67.8 Å². The Morgan fingerprint density at radius 2 is 2.13 bits per heavy atom. The number of benzene rings is 1. The minimum atomic E-state index is -0.212. The summed E-state index contributed by atoms with van der Waals surface area (Å²) in [6.45, 7) is 0.512. The van der Waals surface area contributed by atoms with Crippen LogP contribution in [0.1, 0.15) is 4.88 Å². The highest BCUT2D eigenvalue weighted by Gasteiger charge is 2.15. The number of aromatic nitrogens is 2. The summed E-state index contributed by atoms with van der Waals surface area (Å²) in [7, 11) is 1.53. The molecule has 3 heterocycles. The Kier molecular flexibility index (Phi) is 6.96. The second kappa shape index (κ2) is 9.86. The molecule has 1 aromatic carbocycles. The molecule has 0 aliphatic rings. The number of thioether (sulfide) groups is 1. The van der Waals surface area contributed by atoms with Crippen LogP contribution < -0.4 is 15.6 Å². The third kappa shape index (κ3) is 5.12. The van der Waals surface area contributed by atoms with E-state index in [9.17, 15) is 9.59 Å². The van der Waals surface area contributed by atoms with E-state index >= 15 is 0 Å². The SMILES string of the molecule is COc1ccc(NC(=O)CSc2nc3ccsc3c(=O)n2CCc2cccs2)cc1Cl. The predicted molar refractivity (Wildman–Crippen MR) is 129 cm³/mol. The monoisotopic (exact) mass is 491 g/mol. The number of carbonyl (C=O) groups is 1. The number of fused-ring (bicyclic) bond motifs is 1. The highest BCUT2D eigenvalue weighted by atomic mass is 35.5.